The van der Waals surface area contributed by atoms with Gasteiger partial charge < -0.3 is 14.7 Å². The Balaban J connectivity index is 0.00000180. The monoisotopic (exact) mass is 285 g/mol. The van der Waals surface area contributed by atoms with Crippen LogP contribution in [-0.4, -0.2) is 43.2 Å². The number of likely N-dealkylation sites (N-methyl/N-ethyl adjacent to an activating group) is 1. The van der Waals surface area contributed by atoms with Gasteiger partial charge in [0.25, 0.3) is 0 Å². The summed E-state index contributed by atoms with van der Waals surface area (Å²) in [5, 5.41) is 9.83. The number of phenols is 1. The van der Waals surface area contributed by atoms with Gasteiger partial charge in [0.1, 0.15) is 11.3 Å². The molecule has 0 radical (unpaired) electrons. The Hall–Kier alpha value is -1.26. The topological polar surface area (TPSA) is 49.8 Å². The highest BCUT2D eigenvalue weighted by Gasteiger charge is 2.26. The van der Waals surface area contributed by atoms with Crippen LogP contribution >= 0.6 is 12.4 Å². The summed E-state index contributed by atoms with van der Waals surface area (Å²) >= 11 is 0. The van der Waals surface area contributed by atoms with E-state index in [4.69, 9.17) is 4.74 Å². The van der Waals surface area contributed by atoms with Crippen LogP contribution in [0.25, 0.3) is 0 Å². The lowest BCUT2D eigenvalue weighted by Crippen LogP contribution is -2.34. The Morgan fingerprint density at radius 2 is 2.11 bits per heavy atom. The van der Waals surface area contributed by atoms with Crippen molar-refractivity contribution in [3.8, 4) is 5.75 Å². The Kier molecular flexibility index (Phi) is 5.20. The first kappa shape index (κ1) is 15.8. The molecule has 0 bridgehead atoms. The zero-order chi connectivity index (χ0) is 13.3. The van der Waals surface area contributed by atoms with Crippen LogP contribution in [0, 0.1) is 0 Å². The van der Waals surface area contributed by atoms with E-state index in [-0.39, 0.29) is 18.2 Å². The molecular formula is C14H20ClNO3. The Morgan fingerprint density at radius 3 is 2.68 bits per heavy atom. The van der Waals surface area contributed by atoms with Crippen molar-refractivity contribution in [2.75, 3.05) is 21.2 Å². The number of esters is 1. The fourth-order valence-electron chi connectivity index (χ4n) is 2.59. The van der Waals surface area contributed by atoms with E-state index in [1.165, 1.54) is 7.11 Å². The zero-order valence-electron chi connectivity index (χ0n) is 11.5. The fraction of sp³-hybridized carbons (Fsp3) is 0.500. The predicted molar refractivity (Wildman–Crippen MR) is 76.2 cm³/mol. The van der Waals surface area contributed by atoms with Gasteiger partial charge in [-0.1, -0.05) is 6.07 Å². The maximum absolute atomic E-state index is 11.7. The van der Waals surface area contributed by atoms with E-state index in [1.54, 1.807) is 6.07 Å². The standard InChI is InChI=1S/C14H19NO3.ClH/c1-15(2)10-5-6-11-9(8-10)4-7-12(16)13(11)14(17)18-3;/h4,7,10,16H,5-6,8H2,1-3H3;1H. The number of hydrogen-bond donors (Lipinski definition) is 1. The van der Waals surface area contributed by atoms with Gasteiger partial charge in [0.15, 0.2) is 0 Å². The Morgan fingerprint density at radius 1 is 1.42 bits per heavy atom. The number of methoxy groups -OCH3 is 1. The summed E-state index contributed by atoms with van der Waals surface area (Å²) in [6.07, 6.45) is 2.71. The number of rotatable bonds is 2. The van der Waals surface area contributed by atoms with Crippen LogP contribution in [0.15, 0.2) is 12.1 Å². The summed E-state index contributed by atoms with van der Waals surface area (Å²) in [6, 6.07) is 3.99. The summed E-state index contributed by atoms with van der Waals surface area (Å²) < 4.78 is 4.75. The van der Waals surface area contributed by atoms with Crippen molar-refractivity contribution < 1.29 is 14.6 Å². The van der Waals surface area contributed by atoms with Gasteiger partial charge in [-0.2, -0.15) is 0 Å². The van der Waals surface area contributed by atoms with Crippen LogP contribution < -0.4 is 0 Å². The van der Waals surface area contributed by atoms with Gasteiger partial charge in [0, 0.05) is 6.04 Å². The van der Waals surface area contributed by atoms with E-state index in [9.17, 15) is 9.90 Å². The number of hydrogen-bond acceptors (Lipinski definition) is 4. The van der Waals surface area contributed by atoms with Crippen LogP contribution in [0.2, 0.25) is 0 Å². The number of nitrogens with zero attached hydrogens (tertiary/aromatic N) is 1. The molecule has 19 heavy (non-hydrogen) atoms. The van der Waals surface area contributed by atoms with E-state index in [1.807, 2.05) is 6.07 Å². The summed E-state index contributed by atoms with van der Waals surface area (Å²) in [6.45, 7) is 0. The van der Waals surface area contributed by atoms with E-state index >= 15 is 0 Å². The van der Waals surface area contributed by atoms with Gasteiger partial charge in [-0.05, 0) is 50.6 Å². The molecule has 0 amide bonds. The van der Waals surface area contributed by atoms with E-state index in [2.05, 4.69) is 19.0 Å². The smallest absolute Gasteiger partial charge is 0.341 e. The second-order valence-electron chi connectivity index (χ2n) is 4.95. The average molecular weight is 286 g/mol. The van der Waals surface area contributed by atoms with Gasteiger partial charge in [-0.15, -0.1) is 12.4 Å². The minimum atomic E-state index is -0.451. The molecule has 0 saturated heterocycles. The molecule has 0 aliphatic heterocycles. The fourth-order valence-corrected chi connectivity index (χ4v) is 2.59. The summed E-state index contributed by atoms with van der Waals surface area (Å²) in [5.41, 5.74) is 2.42. The van der Waals surface area contributed by atoms with Gasteiger partial charge in [0.05, 0.1) is 7.11 Å². The summed E-state index contributed by atoms with van der Waals surface area (Å²) in [7, 11) is 5.47. The van der Waals surface area contributed by atoms with Crippen LogP contribution in [0.5, 0.6) is 5.75 Å². The molecule has 1 aromatic rings. The van der Waals surface area contributed by atoms with Crippen molar-refractivity contribution in [1.29, 1.82) is 0 Å². The lowest BCUT2D eigenvalue weighted by molar-refractivity contribution is 0.0595. The third kappa shape index (κ3) is 3.01. The minimum absolute atomic E-state index is 0. The average Bonchev–Trinajstić information content (AvgIpc) is 2.37. The number of carbonyl (C=O) groups excluding carboxylic acids is 1. The summed E-state index contributed by atoms with van der Waals surface area (Å²) in [5.74, 6) is -0.434. The van der Waals surface area contributed by atoms with E-state index in [0.29, 0.717) is 11.6 Å². The molecule has 0 spiro atoms. The highest BCUT2D eigenvalue weighted by atomic mass is 35.5. The normalized spacial score (nSPS) is 17.6. The highest BCUT2D eigenvalue weighted by molar-refractivity contribution is 5.94. The third-order valence-corrected chi connectivity index (χ3v) is 3.69. The van der Waals surface area contributed by atoms with Crippen molar-refractivity contribution >= 4 is 18.4 Å². The van der Waals surface area contributed by atoms with Crippen molar-refractivity contribution in [3.05, 3.63) is 28.8 Å². The molecule has 106 valence electrons. The molecule has 0 heterocycles. The molecule has 1 N–H and O–H groups in total. The molecule has 0 aromatic heterocycles. The van der Waals surface area contributed by atoms with Gasteiger partial charge >= 0.3 is 5.97 Å². The minimum Gasteiger partial charge on any atom is -0.507 e. The number of benzene rings is 1. The van der Waals surface area contributed by atoms with Crippen LogP contribution in [0.4, 0.5) is 0 Å². The quantitative estimate of drug-likeness (QED) is 0.845. The summed E-state index contributed by atoms with van der Waals surface area (Å²) in [4.78, 5) is 13.9. The maximum atomic E-state index is 11.7. The number of halogens is 1. The van der Waals surface area contributed by atoms with E-state index in [0.717, 1.165) is 30.4 Å². The maximum Gasteiger partial charge on any atom is 0.341 e. The molecule has 0 fully saturated rings. The highest BCUT2D eigenvalue weighted by Crippen LogP contribution is 2.32. The molecule has 1 atom stereocenters. The molecule has 1 aromatic carbocycles. The number of phenolic OH excluding ortho intramolecular Hbond substituents is 1. The van der Waals surface area contributed by atoms with Crippen LogP contribution in [0.3, 0.4) is 0 Å². The number of fused-ring (bicyclic) bond motifs is 1. The number of aromatic hydroxyl groups is 1. The van der Waals surface area contributed by atoms with Gasteiger partial charge in [-0.3, -0.25) is 0 Å². The second-order valence-corrected chi connectivity index (χ2v) is 4.95. The SMILES string of the molecule is COC(=O)c1c(O)ccc2c1CCC(N(C)C)C2.Cl. The first-order valence-electron chi connectivity index (χ1n) is 6.13. The molecule has 4 nitrogen and oxygen atoms in total. The van der Waals surface area contributed by atoms with Crippen LogP contribution in [-0.2, 0) is 17.6 Å². The molecule has 0 saturated carbocycles. The zero-order valence-corrected chi connectivity index (χ0v) is 12.3. The lowest BCUT2D eigenvalue weighted by Gasteiger charge is -2.30. The van der Waals surface area contributed by atoms with Crippen molar-refractivity contribution in [2.24, 2.45) is 0 Å². The van der Waals surface area contributed by atoms with E-state index < -0.39 is 5.97 Å². The molecule has 1 aliphatic carbocycles. The van der Waals surface area contributed by atoms with Crippen molar-refractivity contribution in [1.82, 2.24) is 4.90 Å². The van der Waals surface area contributed by atoms with Crippen molar-refractivity contribution in [2.45, 2.75) is 25.3 Å². The van der Waals surface area contributed by atoms with Crippen molar-refractivity contribution in [3.63, 3.8) is 0 Å². The molecule has 1 unspecified atom stereocenters. The molecule has 1 aliphatic rings. The lowest BCUT2D eigenvalue weighted by atomic mass is 9.84. The Bertz CT molecular complexity index is 474. The Labute approximate surface area is 119 Å². The first-order valence-corrected chi connectivity index (χ1v) is 6.13. The third-order valence-electron chi connectivity index (χ3n) is 3.69. The second kappa shape index (κ2) is 6.26. The van der Waals surface area contributed by atoms with Gasteiger partial charge in [-0.25, -0.2) is 4.79 Å². The molecule has 2 rings (SSSR count). The first-order chi connectivity index (χ1) is 8.54. The molecule has 5 heteroatoms. The predicted octanol–water partition coefficient (Wildman–Crippen LogP) is 2.02. The molecular weight excluding hydrogens is 266 g/mol. The van der Waals surface area contributed by atoms with Crippen LogP contribution in [0.1, 0.15) is 27.9 Å². The number of ether oxygens (including phenoxy) is 1. The largest absolute Gasteiger partial charge is 0.507 e. The number of carbonyl (C=O) groups is 1. The van der Waals surface area contributed by atoms with Gasteiger partial charge in [0.2, 0.25) is 0 Å².